The second-order valence-electron chi connectivity index (χ2n) is 10.1. The van der Waals surface area contributed by atoms with E-state index in [0.717, 1.165) is 18.8 Å². The number of nitrogens with zero attached hydrogens (tertiary/aromatic N) is 2. The summed E-state index contributed by atoms with van der Waals surface area (Å²) in [6.45, 7) is 11.5. The Bertz CT molecular complexity index is 1010. The van der Waals surface area contributed by atoms with Gasteiger partial charge in [-0.15, -0.1) is 0 Å². The van der Waals surface area contributed by atoms with Crippen LogP contribution in [0.15, 0.2) is 84.9 Å². The maximum Gasteiger partial charge on any atom is 0.263 e. The molecule has 4 nitrogen and oxygen atoms in total. The zero-order valence-electron chi connectivity index (χ0n) is 20.8. The van der Waals surface area contributed by atoms with Gasteiger partial charge in [-0.2, -0.15) is 0 Å². The molecule has 0 bridgehead atoms. The Morgan fingerprint density at radius 1 is 0.765 bits per heavy atom. The smallest absolute Gasteiger partial charge is 0.263 e. The van der Waals surface area contributed by atoms with Gasteiger partial charge in [0.05, 0.1) is 6.04 Å². The van der Waals surface area contributed by atoms with E-state index in [1.54, 1.807) is 0 Å². The molecule has 3 aromatic rings. The predicted octanol–water partition coefficient (Wildman–Crippen LogP) is 5.69. The van der Waals surface area contributed by atoms with Crippen molar-refractivity contribution in [3.63, 3.8) is 0 Å². The van der Waals surface area contributed by atoms with Crippen LogP contribution in [0, 0.1) is 0 Å². The predicted molar refractivity (Wildman–Crippen MR) is 138 cm³/mol. The van der Waals surface area contributed by atoms with E-state index in [9.17, 15) is 4.79 Å². The number of hydrogen-bond donors (Lipinski definition) is 0. The Kier molecular flexibility index (Phi) is 7.38. The molecule has 1 atom stereocenters. The quantitative estimate of drug-likeness (QED) is 0.478. The van der Waals surface area contributed by atoms with Crippen LogP contribution < -0.4 is 4.74 Å². The van der Waals surface area contributed by atoms with Gasteiger partial charge in [0.25, 0.3) is 5.91 Å². The monoisotopic (exact) mass is 456 g/mol. The highest BCUT2D eigenvalue weighted by molar-refractivity contribution is 5.81. The van der Waals surface area contributed by atoms with E-state index >= 15 is 0 Å². The summed E-state index contributed by atoms with van der Waals surface area (Å²) in [4.78, 5) is 17.5. The lowest BCUT2D eigenvalue weighted by molar-refractivity contribution is -0.140. The number of hydrogen-bond acceptors (Lipinski definition) is 3. The number of amides is 1. The van der Waals surface area contributed by atoms with Crippen molar-refractivity contribution < 1.29 is 9.53 Å². The van der Waals surface area contributed by atoms with Gasteiger partial charge in [0.15, 0.2) is 6.10 Å². The molecule has 0 aromatic heterocycles. The second-order valence-corrected chi connectivity index (χ2v) is 10.1. The average molecular weight is 457 g/mol. The van der Waals surface area contributed by atoms with Crippen LogP contribution in [0.1, 0.15) is 50.4 Å². The minimum absolute atomic E-state index is 0.0514. The minimum Gasteiger partial charge on any atom is -0.481 e. The molecule has 1 heterocycles. The highest BCUT2D eigenvalue weighted by Crippen LogP contribution is 2.30. The van der Waals surface area contributed by atoms with Gasteiger partial charge in [-0.1, -0.05) is 93.6 Å². The fraction of sp³-hybridized carbons (Fsp3) is 0.367. The molecule has 3 aromatic carbocycles. The number of carbonyl (C=O) groups is 1. The van der Waals surface area contributed by atoms with Gasteiger partial charge in [-0.05, 0) is 41.2 Å². The summed E-state index contributed by atoms with van der Waals surface area (Å²) < 4.78 is 6.01. The van der Waals surface area contributed by atoms with Crippen LogP contribution in [0.3, 0.4) is 0 Å². The summed E-state index contributed by atoms with van der Waals surface area (Å²) in [5, 5.41) is 0. The maximum absolute atomic E-state index is 13.1. The molecular weight excluding hydrogens is 420 g/mol. The fourth-order valence-corrected chi connectivity index (χ4v) is 4.63. The molecule has 0 unspecified atom stereocenters. The Morgan fingerprint density at radius 3 is 1.74 bits per heavy atom. The van der Waals surface area contributed by atoms with Gasteiger partial charge in [-0.25, -0.2) is 0 Å². The normalized spacial score (nSPS) is 15.9. The minimum atomic E-state index is -0.508. The van der Waals surface area contributed by atoms with E-state index in [-0.39, 0.29) is 17.4 Å². The van der Waals surface area contributed by atoms with Gasteiger partial charge < -0.3 is 9.64 Å². The van der Waals surface area contributed by atoms with Gasteiger partial charge in [-0.3, -0.25) is 9.69 Å². The first kappa shape index (κ1) is 24.0. The van der Waals surface area contributed by atoms with Crippen molar-refractivity contribution in [2.24, 2.45) is 0 Å². The number of benzene rings is 3. The Balaban J connectivity index is 1.39. The molecular formula is C30H36N2O2. The zero-order valence-corrected chi connectivity index (χ0v) is 20.8. The molecule has 0 radical (unpaired) electrons. The van der Waals surface area contributed by atoms with E-state index in [1.165, 1.54) is 16.7 Å². The number of rotatable bonds is 6. The summed E-state index contributed by atoms with van der Waals surface area (Å²) in [7, 11) is 0. The van der Waals surface area contributed by atoms with Crippen molar-refractivity contribution in [1.82, 2.24) is 9.80 Å². The number of carbonyl (C=O) groups excluding carboxylic acids is 1. The second kappa shape index (κ2) is 10.4. The standard InChI is InChI=1S/C30H36N2O2/c1-23(34-27-17-15-26(16-18-27)30(2,3)4)29(33)32-21-19-31(20-22-32)28(24-11-7-5-8-12-24)25-13-9-6-10-14-25/h5-18,23,28H,19-22H2,1-4H3/t23-/m1/s1. The van der Waals surface area contributed by atoms with E-state index in [0.29, 0.717) is 13.1 Å². The van der Waals surface area contributed by atoms with Gasteiger partial charge in [0.1, 0.15) is 5.75 Å². The Hall–Kier alpha value is -3.11. The molecule has 178 valence electrons. The molecule has 0 spiro atoms. The molecule has 1 aliphatic rings. The zero-order chi connectivity index (χ0) is 24.1. The van der Waals surface area contributed by atoms with Crippen LogP contribution in [0.2, 0.25) is 0 Å². The van der Waals surface area contributed by atoms with Gasteiger partial charge in [0.2, 0.25) is 0 Å². The van der Waals surface area contributed by atoms with Crippen LogP contribution in [0.25, 0.3) is 0 Å². The third-order valence-electron chi connectivity index (χ3n) is 6.60. The lowest BCUT2D eigenvalue weighted by Crippen LogP contribution is -2.52. The molecule has 0 N–H and O–H groups in total. The van der Waals surface area contributed by atoms with Crippen LogP contribution in [-0.2, 0) is 10.2 Å². The first-order valence-electron chi connectivity index (χ1n) is 12.2. The van der Waals surface area contributed by atoms with Crippen molar-refractivity contribution in [2.75, 3.05) is 26.2 Å². The van der Waals surface area contributed by atoms with Crippen molar-refractivity contribution in [3.8, 4) is 5.75 Å². The lowest BCUT2D eigenvalue weighted by Gasteiger charge is -2.40. The van der Waals surface area contributed by atoms with Crippen LogP contribution >= 0.6 is 0 Å². The highest BCUT2D eigenvalue weighted by Gasteiger charge is 2.30. The van der Waals surface area contributed by atoms with Crippen LogP contribution in [-0.4, -0.2) is 48.0 Å². The SMILES string of the molecule is C[C@@H](Oc1ccc(C(C)(C)C)cc1)C(=O)N1CCN(C(c2ccccc2)c2ccccc2)CC1. The molecule has 1 amide bonds. The summed E-state index contributed by atoms with van der Waals surface area (Å²) in [6.07, 6.45) is -0.508. The molecule has 0 aliphatic carbocycles. The Morgan fingerprint density at radius 2 is 1.26 bits per heavy atom. The lowest BCUT2D eigenvalue weighted by atomic mass is 9.87. The van der Waals surface area contributed by atoms with E-state index in [4.69, 9.17) is 4.74 Å². The van der Waals surface area contributed by atoms with Crippen molar-refractivity contribution >= 4 is 5.91 Å². The van der Waals surface area contributed by atoms with Crippen molar-refractivity contribution in [1.29, 1.82) is 0 Å². The molecule has 1 aliphatic heterocycles. The number of piperazine rings is 1. The summed E-state index contributed by atoms with van der Waals surface area (Å²) in [6, 6.07) is 29.5. The highest BCUT2D eigenvalue weighted by atomic mass is 16.5. The third kappa shape index (κ3) is 5.68. The van der Waals surface area contributed by atoms with E-state index in [1.807, 2.05) is 24.0 Å². The largest absolute Gasteiger partial charge is 0.481 e. The first-order chi connectivity index (χ1) is 16.3. The fourth-order valence-electron chi connectivity index (χ4n) is 4.63. The van der Waals surface area contributed by atoms with Crippen molar-refractivity contribution in [2.45, 2.75) is 45.3 Å². The molecule has 0 saturated carbocycles. The molecule has 4 heteroatoms. The first-order valence-corrected chi connectivity index (χ1v) is 12.2. The molecule has 34 heavy (non-hydrogen) atoms. The number of ether oxygens (including phenoxy) is 1. The molecule has 1 fully saturated rings. The maximum atomic E-state index is 13.1. The summed E-state index contributed by atoms with van der Waals surface area (Å²) in [5.74, 6) is 0.788. The van der Waals surface area contributed by atoms with E-state index < -0.39 is 6.10 Å². The van der Waals surface area contributed by atoms with Crippen LogP contribution in [0.4, 0.5) is 0 Å². The third-order valence-corrected chi connectivity index (χ3v) is 6.60. The van der Waals surface area contributed by atoms with Gasteiger partial charge in [0, 0.05) is 26.2 Å². The van der Waals surface area contributed by atoms with Crippen LogP contribution in [0.5, 0.6) is 5.75 Å². The Labute approximate surface area is 204 Å². The van der Waals surface area contributed by atoms with E-state index in [2.05, 4.69) is 98.5 Å². The molecule has 1 saturated heterocycles. The van der Waals surface area contributed by atoms with Crippen molar-refractivity contribution in [3.05, 3.63) is 102 Å². The summed E-state index contributed by atoms with van der Waals surface area (Å²) in [5.41, 5.74) is 3.91. The molecule has 4 rings (SSSR count). The van der Waals surface area contributed by atoms with Gasteiger partial charge >= 0.3 is 0 Å². The summed E-state index contributed by atoms with van der Waals surface area (Å²) >= 11 is 0. The topological polar surface area (TPSA) is 32.8 Å². The average Bonchev–Trinajstić information content (AvgIpc) is 2.85.